The largest absolute Gasteiger partial charge is 0.463 e. The number of aromatic nitrogens is 1. The van der Waals surface area contributed by atoms with Crippen molar-refractivity contribution in [3.63, 3.8) is 0 Å². The number of nitriles is 1. The summed E-state index contributed by atoms with van der Waals surface area (Å²) in [4.78, 5) is 6.62. The van der Waals surface area contributed by atoms with Gasteiger partial charge in [-0.2, -0.15) is 18.4 Å². The van der Waals surface area contributed by atoms with Gasteiger partial charge in [-0.1, -0.05) is 12.8 Å². The third-order valence-corrected chi connectivity index (χ3v) is 5.48. The lowest BCUT2D eigenvalue weighted by Gasteiger charge is -2.19. The van der Waals surface area contributed by atoms with E-state index < -0.39 is 17.3 Å². The van der Waals surface area contributed by atoms with Crippen LogP contribution in [0, 0.1) is 11.3 Å². The molecule has 1 fully saturated rings. The zero-order valence-corrected chi connectivity index (χ0v) is 15.6. The molecule has 0 saturated carbocycles. The molecule has 0 aliphatic carbocycles. The van der Waals surface area contributed by atoms with Crippen molar-refractivity contribution in [2.75, 3.05) is 25.4 Å². The summed E-state index contributed by atoms with van der Waals surface area (Å²) in [7, 11) is 0. The highest BCUT2D eigenvalue weighted by molar-refractivity contribution is 7.99. The molecule has 2 aromatic rings. The van der Waals surface area contributed by atoms with E-state index in [0.717, 1.165) is 38.5 Å². The average molecular weight is 395 g/mol. The summed E-state index contributed by atoms with van der Waals surface area (Å²) >= 11 is 1.20. The van der Waals surface area contributed by atoms with E-state index in [1.54, 1.807) is 18.2 Å². The first kappa shape index (κ1) is 19.8. The number of rotatable bonds is 5. The molecule has 0 N–H and O–H groups in total. The van der Waals surface area contributed by atoms with Gasteiger partial charge in [0.05, 0.1) is 17.4 Å². The zero-order chi connectivity index (χ0) is 19.3. The smallest absolute Gasteiger partial charge is 0.417 e. The molecular weight excluding hydrogens is 375 g/mol. The topological polar surface area (TPSA) is 53.1 Å². The van der Waals surface area contributed by atoms with Gasteiger partial charge in [-0.3, -0.25) is 0 Å². The summed E-state index contributed by atoms with van der Waals surface area (Å²) in [5, 5.41) is 9.44. The molecule has 8 heteroatoms. The molecule has 144 valence electrons. The summed E-state index contributed by atoms with van der Waals surface area (Å²) in [6.45, 7) is 2.79. The normalized spacial score (nSPS) is 16.1. The van der Waals surface area contributed by atoms with E-state index in [4.69, 9.17) is 4.42 Å². The third kappa shape index (κ3) is 5.05. The maximum atomic E-state index is 13.5. The molecule has 3 heterocycles. The predicted octanol–water partition coefficient (Wildman–Crippen LogP) is 5.20. The van der Waals surface area contributed by atoms with Crippen molar-refractivity contribution in [2.24, 2.45) is 0 Å². The fourth-order valence-electron chi connectivity index (χ4n) is 3.14. The van der Waals surface area contributed by atoms with Crippen LogP contribution in [0.25, 0.3) is 11.5 Å². The van der Waals surface area contributed by atoms with E-state index in [1.165, 1.54) is 30.9 Å². The maximum absolute atomic E-state index is 13.5. The lowest BCUT2D eigenvalue weighted by Crippen LogP contribution is -2.27. The van der Waals surface area contributed by atoms with Crippen molar-refractivity contribution in [3.05, 3.63) is 35.6 Å². The molecule has 0 radical (unpaired) electrons. The fourth-order valence-corrected chi connectivity index (χ4v) is 4.15. The zero-order valence-electron chi connectivity index (χ0n) is 14.8. The number of halogens is 3. The molecule has 3 rings (SSSR count). The van der Waals surface area contributed by atoms with E-state index in [2.05, 4.69) is 9.88 Å². The van der Waals surface area contributed by atoms with Crippen molar-refractivity contribution in [3.8, 4) is 17.5 Å². The number of hydrogen-bond acceptors (Lipinski definition) is 5. The van der Waals surface area contributed by atoms with E-state index in [0.29, 0.717) is 5.75 Å². The Hall–Kier alpha value is -1.98. The van der Waals surface area contributed by atoms with Gasteiger partial charge in [0.2, 0.25) is 0 Å². The van der Waals surface area contributed by atoms with Crippen molar-refractivity contribution < 1.29 is 17.6 Å². The Balaban J connectivity index is 1.84. The van der Waals surface area contributed by atoms with Gasteiger partial charge in [0.25, 0.3) is 0 Å². The Bertz CT molecular complexity index is 792. The molecular formula is C19H20F3N3OS. The van der Waals surface area contributed by atoms with E-state index in [9.17, 15) is 18.4 Å². The standard InChI is InChI=1S/C19H20F3N3OS/c20-19(21,22)15-12-16(17-6-5-10-26-17)24-18(14(15)13-23)27-11-9-25-7-3-1-2-4-8-25/h5-6,10,12H,1-4,7-9,11H2. The van der Waals surface area contributed by atoms with Gasteiger partial charge in [0.15, 0.2) is 5.76 Å². The molecule has 0 spiro atoms. The highest BCUT2D eigenvalue weighted by Gasteiger charge is 2.36. The summed E-state index contributed by atoms with van der Waals surface area (Å²) in [6, 6.07) is 5.73. The van der Waals surface area contributed by atoms with Gasteiger partial charge < -0.3 is 9.32 Å². The van der Waals surface area contributed by atoms with Gasteiger partial charge in [-0.25, -0.2) is 4.98 Å². The number of likely N-dealkylation sites (tertiary alicyclic amines) is 1. The first-order valence-corrected chi connectivity index (χ1v) is 9.89. The molecule has 0 aromatic carbocycles. The third-order valence-electron chi connectivity index (χ3n) is 4.52. The first-order valence-electron chi connectivity index (χ1n) is 8.90. The van der Waals surface area contributed by atoms with Crippen molar-refractivity contribution in [1.82, 2.24) is 9.88 Å². The number of pyridine rings is 1. The van der Waals surface area contributed by atoms with Crippen LogP contribution in [0.1, 0.15) is 36.8 Å². The molecule has 2 aromatic heterocycles. The van der Waals surface area contributed by atoms with Gasteiger partial charge in [0.1, 0.15) is 16.8 Å². The molecule has 4 nitrogen and oxygen atoms in total. The summed E-state index contributed by atoms with van der Waals surface area (Å²) in [5.41, 5.74) is -1.30. The van der Waals surface area contributed by atoms with Crippen LogP contribution in [0.15, 0.2) is 33.9 Å². The number of hydrogen-bond donors (Lipinski definition) is 0. The number of alkyl halides is 3. The van der Waals surface area contributed by atoms with Crippen molar-refractivity contribution >= 4 is 11.8 Å². The van der Waals surface area contributed by atoms with E-state index in [-0.39, 0.29) is 16.5 Å². The second-order valence-electron chi connectivity index (χ2n) is 6.43. The lowest BCUT2D eigenvalue weighted by atomic mass is 10.1. The van der Waals surface area contributed by atoms with Gasteiger partial charge >= 0.3 is 6.18 Å². The average Bonchev–Trinajstić information content (AvgIpc) is 3.05. The minimum absolute atomic E-state index is 0.0867. The maximum Gasteiger partial charge on any atom is 0.417 e. The van der Waals surface area contributed by atoms with Crippen molar-refractivity contribution in [1.29, 1.82) is 5.26 Å². The van der Waals surface area contributed by atoms with Crippen LogP contribution >= 0.6 is 11.8 Å². The van der Waals surface area contributed by atoms with E-state index in [1.807, 2.05) is 0 Å². The van der Waals surface area contributed by atoms with Gasteiger partial charge in [-0.15, -0.1) is 11.8 Å². The Morgan fingerprint density at radius 3 is 2.56 bits per heavy atom. The molecule has 27 heavy (non-hydrogen) atoms. The van der Waals surface area contributed by atoms with Crippen LogP contribution in [0.4, 0.5) is 13.2 Å². The molecule has 1 aliphatic rings. The van der Waals surface area contributed by atoms with Crippen LogP contribution in [-0.2, 0) is 6.18 Å². The van der Waals surface area contributed by atoms with Crippen molar-refractivity contribution in [2.45, 2.75) is 36.9 Å². The molecule has 0 bridgehead atoms. The fraction of sp³-hybridized carbons (Fsp3) is 0.474. The molecule has 0 atom stereocenters. The van der Waals surface area contributed by atoms with Crippen LogP contribution in [0.5, 0.6) is 0 Å². The Morgan fingerprint density at radius 1 is 1.22 bits per heavy atom. The SMILES string of the molecule is N#Cc1c(C(F)(F)F)cc(-c2ccco2)nc1SCCN1CCCCCC1. The Labute approximate surface area is 160 Å². The minimum Gasteiger partial charge on any atom is -0.463 e. The van der Waals surface area contributed by atoms with Crippen LogP contribution in [0.2, 0.25) is 0 Å². The predicted molar refractivity (Wildman–Crippen MR) is 97.3 cm³/mol. The molecule has 0 unspecified atom stereocenters. The highest BCUT2D eigenvalue weighted by atomic mass is 32.2. The second kappa shape index (κ2) is 8.81. The number of thioether (sulfide) groups is 1. The Morgan fingerprint density at radius 2 is 1.96 bits per heavy atom. The van der Waals surface area contributed by atoms with Crippen LogP contribution in [0.3, 0.4) is 0 Å². The minimum atomic E-state index is -4.63. The summed E-state index contributed by atoms with van der Waals surface area (Å²) in [6.07, 6.45) is 1.51. The number of furan rings is 1. The van der Waals surface area contributed by atoms with Crippen LogP contribution in [-0.4, -0.2) is 35.3 Å². The summed E-state index contributed by atoms with van der Waals surface area (Å²) < 4.78 is 45.6. The highest BCUT2D eigenvalue weighted by Crippen LogP contribution is 2.38. The quantitative estimate of drug-likeness (QED) is 0.652. The molecule has 1 aliphatic heterocycles. The van der Waals surface area contributed by atoms with Gasteiger partial charge in [0, 0.05) is 12.3 Å². The Kier molecular flexibility index (Phi) is 6.45. The molecule has 1 saturated heterocycles. The summed E-state index contributed by atoms with van der Waals surface area (Å²) in [5.74, 6) is 0.833. The lowest BCUT2D eigenvalue weighted by molar-refractivity contribution is -0.138. The number of nitrogens with zero attached hydrogens (tertiary/aromatic N) is 3. The monoisotopic (exact) mass is 395 g/mol. The first-order chi connectivity index (χ1) is 13.0. The second-order valence-corrected chi connectivity index (χ2v) is 7.51. The molecule has 0 amide bonds. The van der Waals surface area contributed by atoms with Crippen LogP contribution < -0.4 is 0 Å². The van der Waals surface area contributed by atoms with E-state index >= 15 is 0 Å². The van der Waals surface area contributed by atoms with Gasteiger partial charge in [-0.05, 0) is 44.1 Å².